The lowest BCUT2D eigenvalue weighted by Crippen LogP contribution is -2.45. The molecule has 1 N–H and O–H groups in total. The van der Waals surface area contributed by atoms with Gasteiger partial charge in [-0.05, 0) is 42.8 Å². The molecule has 1 saturated heterocycles. The van der Waals surface area contributed by atoms with Crippen LogP contribution >= 0.6 is 0 Å². The summed E-state index contributed by atoms with van der Waals surface area (Å²) in [5, 5.41) is 18.8. The van der Waals surface area contributed by atoms with Gasteiger partial charge in [0, 0.05) is 26.2 Å². The predicted molar refractivity (Wildman–Crippen MR) is 78.1 cm³/mol. The van der Waals surface area contributed by atoms with E-state index in [1.807, 2.05) is 12.1 Å². The number of hydrogen-bond acceptors (Lipinski definition) is 7. The van der Waals surface area contributed by atoms with Crippen LogP contribution in [-0.2, 0) is 4.74 Å². The molecule has 3 heterocycles. The van der Waals surface area contributed by atoms with Crippen molar-refractivity contribution in [1.82, 2.24) is 30.2 Å². The number of nitrogens with one attached hydrogen (secondary N) is 1. The van der Waals surface area contributed by atoms with Crippen molar-refractivity contribution < 1.29 is 4.74 Å². The molecule has 0 amide bonds. The predicted octanol–water partition coefficient (Wildman–Crippen LogP) is 0.430. The fourth-order valence-electron chi connectivity index (χ4n) is 2.73. The maximum atomic E-state index is 5.74. The molecule has 8 heteroatoms. The van der Waals surface area contributed by atoms with Crippen molar-refractivity contribution in [3.63, 3.8) is 0 Å². The van der Waals surface area contributed by atoms with Gasteiger partial charge in [-0.15, -0.1) is 14.8 Å². The summed E-state index contributed by atoms with van der Waals surface area (Å²) in [6.45, 7) is 8.23. The molecular formula is C13H21N7O. The van der Waals surface area contributed by atoms with Crippen LogP contribution in [-0.4, -0.2) is 68.5 Å². The third-order valence-electron chi connectivity index (χ3n) is 3.52. The van der Waals surface area contributed by atoms with Gasteiger partial charge in [-0.3, -0.25) is 4.90 Å². The third kappa shape index (κ3) is 3.64. The number of tetrazole rings is 1. The summed E-state index contributed by atoms with van der Waals surface area (Å²) >= 11 is 0. The molecule has 0 aliphatic carbocycles. The van der Waals surface area contributed by atoms with Gasteiger partial charge in [0.15, 0.2) is 5.65 Å². The van der Waals surface area contributed by atoms with Crippen LogP contribution in [0, 0.1) is 0 Å². The summed E-state index contributed by atoms with van der Waals surface area (Å²) in [7, 11) is 0. The van der Waals surface area contributed by atoms with Crippen molar-refractivity contribution in [2.24, 2.45) is 0 Å². The van der Waals surface area contributed by atoms with Crippen LogP contribution in [0.5, 0.6) is 0 Å². The van der Waals surface area contributed by atoms with Crippen LogP contribution in [0.4, 0.5) is 5.82 Å². The normalized spacial score (nSPS) is 23.5. The monoisotopic (exact) mass is 291 g/mol. The summed E-state index contributed by atoms with van der Waals surface area (Å²) in [6, 6.07) is 3.74. The number of nitrogens with zero attached hydrogens (tertiary/aromatic N) is 6. The average Bonchev–Trinajstić information content (AvgIpc) is 2.90. The van der Waals surface area contributed by atoms with Crippen LogP contribution in [0.15, 0.2) is 12.1 Å². The number of hydrogen-bond donors (Lipinski definition) is 1. The van der Waals surface area contributed by atoms with Crippen LogP contribution in [0.25, 0.3) is 5.65 Å². The fourth-order valence-corrected chi connectivity index (χ4v) is 2.73. The SMILES string of the molecule is C[C@@H]1CN(CCCNc2ccc3nnnn3n2)C[C@H](C)O1. The molecule has 2 aromatic rings. The highest BCUT2D eigenvalue weighted by molar-refractivity contribution is 5.41. The zero-order chi connectivity index (χ0) is 14.7. The molecule has 1 aliphatic heterocycles. The molecule has 0 saturated carbocycles. The Bertz CT molecular complexity index is 577. The maximum absolute atomic E-state index is 5.74. The summed E-state index contributed by atoms with van der Waals surface area (Å²) in [5.41, 5.74) is 0.650. The zero-order valence-electron chi connectivity index (χ0n) is 12.4. The average molecular weight is 291 g/mol. The molecule has 114 valence electrons. The lowest BCUT2D eigenvalue weighted by molar-refractivity contribution is -0.0678. The number of fused-ring (bicyclic) bond motifs is 1. The molecule has 0 radical (unpaired) electrons. The Kier molecular flexibility index (Phi) is 4.26. The molecule has 0 unspecified atom stereocenters. The Labute approximate surface area is 123 Å². The van der Waals surface area contributed by atoms with Gasteiger partial charge in [-0.25, -0.2) is 0 Å². The number of rotatable bonds is 5. The number of anilines is 1. The molecular weight excluding hydrogens is 270 g/mol. The van der Waals surface area contributed by atoms with Crippen molar-refractivity contribution >= 4 is 11.5 Å². The smallest absolute Gasteiger partial charge is 0.200 e. The van der Waals surface area contributed by atoms with Gasteiger partial charge in [0.2, 0.25) is 0 Å². The standard InChI is InChI=1S/C13H21N7O/c1-10-8-19(9-11(2)21-10)7-3-6-14-12-4-5-13-15-17-18-20(13)16-12/h4-5,10-11H,3,6-9H2,1-2H3,(H,14,16)/t10-,11+. The second kappa shape index (κ2) is 6.31. The van der Waals surface area contributed by atoms with E-state index in [1.54, 1.807) is 0 Å². The maximum Gasteiger partial charge on any atom is 0.200 e. The van der Waals surface area contributed by atoms with Gasteiger partial charge in [0.25, 0.3) is 0 Å². The molecule has 21 heavy (non-hydrogen) atoms. The quantitative estimate of drug-likeness (QED) is 0.800. The van der Waals surface area contributed by atoms with Crippen LogP contribution in [0.1, 0.15) is 20.3 Å². The van der Waals surface area contributed by atoms with Crippen molar-refractivity contribution in [2.45, 2.75) is 32.5 Å². The van der Waals surface area contributed by atoms with E-state index in [0.29, 0.717) is 17.9 Å². The molecule has 0 aromatic carbocycles. The largest absolute Gasteiger partial charge is 0.373 e. The van der Waals surface area contributed by atoms with E-state index in [9.17, 15) is 0 Å². The van der Waals surface area contributed by atoms with E-state index >= 15 is 0 Å². The molecule has 2 atom stereocenters. The lowest BCUT2D eigenvalue weighted by Gasteiger charge is -2.35. The van der Waals surface area contributed by atoms with Gasteiger partial charge in [-0.1, -0.05) is 0 Å². The minimum atomic E-state index is 0.325. The highest BCUT2D eigenvalue weighted by atomic mass is 16.5. The first-order chi connectivity index (χ1) is 10.2. The molecule has 2 aromatic heterocycles. The molecule has 1 fully saturated rings. The van der Waals surface area contributed by atoms with Gasteiger partial charge >= 0.3 is 0 Å². The Morgan fingerprint density at radius 3 is 2.90 bits per heavy atom. The number of aromatic nitrogens is 5. The first kappa shape index (κ1) is 14.2. The van der Waals surface area contributed by atoms with E-state index in [-0.39, 0.29) is 0 Å². The second-order valence-corrected chi connectivity index (χ2v) is 5.54. The minimum absolute atomic E-state index is 0.325. The van der Waals surface area contributed by atoms with Gasteiger partial charge < -0.3 is 10.1 Å². The summed E-state index contributed by atoms with van der Waals surface area (Å²) in [5.74, 6) is 0.790. The third-order valence-corrected chi connectivity index (χ3v) is 3.52. The minimum Gasteiger partial charge on any atom is -0.373 e. The van der Waals surface area contributed by atoms with Crippen molar-refractivity contribution in [2.75, 3.05) is 31.5 Å². The Balaban J connectivity index is 1.43. The second-order valence-electron chi connectivity index (χ2n) is 5.54. The lowest BCUT2D eigenvalue weighted by atomic mass is 10.2. The zero-order valence-corrected chi connectivity index (χ0v) is 12.4. The molecule has 8 nitrogen and oxygen atoms in total. The summed E-state index contributed by atoms with van der Waals surface area (Å²) in [4.78, 5) is 2.46. The summed E-state index contributed by atoms with van der Waals surface area (Å²) in [6.07, 6.45) is 1.71. The molecule has 1 aliphatic rings. The topological polar surface area (TPSA) is 80.5 Å². The Morgan fingerprint density at radius 1 is 1.29 bits per heavy atom. The highest BCUT2D eigenvalue weighted by Gasteiger charge is 2.21. The van der Waals surface area contributed by atoms with Crippen LogP contribution < -0.4 is 5.32 Å². The van der Waals surface area contributed by atoms with Crippen LogP contribution in [0.3, 0.4) is 0 Å². The van der Waals surface area contributed by atoms with Crippen molar-refractivity contribution in [1.29, 1.82) is 0 Å². The number of morpholine rings is 1. The van der Waals surface area contributed by atoms with E-state index in [0.717, 1.165) is 38.4 Å². The van der Waals surface area contributed by atoms with E-state index in [1.165, 1.54) is 4.63 Å². The summed E-state index contributed by atoms with van der Waals surface area (Å²) < 4.78 is 7.16. The molecule has 3 rings (SSSR count). The van der Waals surface area contributed by atoms with Crippen LogP contribution in [0.2, 0.25) is 0 Å². The molecule has 0 bridgehead atoms. The van der Waals surface area contributed by atoms with E-state index in [4.69, 9.17) is 4.74 Å². The van der Waals surface area contributed by atoms with E-state index in [2.05, 4.69) is 44.7 Å². The fraction of sp³-hybridized carbons (Fsp3) is 0.692. The highest BCUT2D eigenvalue weighted by Crippen LogP contribution is 2.11. The number of ether oxygens (including phenoxy) is 1. The molecule has 0 spiro atoms. The van der Waals surface area contributed by atoms with Crippen molar-refractivity contribution in [3.8, 4) is 0 Å². The van der Waals surface area contributed by atoms with Crippen molar-refractivity contribution in [3.05, 3.63) is 12.1 Å². The van der Waals surface area contributed by atoms with E-state index < -0.39 is 0 Å². The van der Waals surface area contributed by atoms with Gasteiger partial charge in [0.05, 0.1) is 12.2 Å². The Morgan fingerprint density at radius 2 is 2.10 bits per heavy atom. The van der Waals surface area contributed by atoms with Gasteiger partial charge in [0.1, 0.15) is 5.82 Å². The van der Waals surface area contributed by atoms with Gasteiger partial charge in [-0.2, -0.15) is 0 Å². The Hall–Kier alpha value is -1.80. The first-order valence-corrected chi connectivity index (χ1v) is 7.38. The first-order valence-electron chi connectivity index (χ1n) is 7.38.